The van der Waals surface area contributed by atoms with Crippen molar-refractivity contribution in [3.63, 3.8) is 0 Å². The Labute approximate surface area is 195 Å². The van der Waals surface area contributed by atoms with Crippen molar-refractivity contribution in [1.82, 2.24) is 5.32 Å². The fourth-order valence-electron chi connectivity index (χ4n) is 4.21. The largest absolute Gasteiger partial charge is 0.398 e. The molecule has 4 rings (SSSR count). The van der Waals surface area contributed by atoms with Gasteiger partial charge in [-0.3, -0.25) is 14.4 Å². The molecular formula is C26H23F2N3O3. The number of nitrogens with two attached hydrogens (primary N) is 1. The monoisotopic (exact) mass is 463 g/mol. The number of rotatable bonds is 4. The third-order valence-electron chi connectivity index (χ3n) is 5.93. The highest BCUT2D eigenvalue weighted by Crippen LogP contribution is 2.44. The Bertz CT molecular complexity index is 1310. The first-order chi connectivity index (χ1) is 16.2. The summed E-state index contributed by atoms with van der Waals surface area (Å²) in [5.41, 5.74) is 8.91. The van der Waals surface area contributed by atoms with Gasteiger partial charge in [-0.25, -0.2) is 13.7 Å². The van der Waals surface area contributed by atoms with Crippen LogP contribution in [0.2, 0.25) is 0 Å². The van der Waals surface area contributed by atoms with Crippen molar-refractivity contribution in [1.29, 1.82) is 0 Å². The Morgan fingerprint density at radius 1 is 1.09 bits per heavy atom. The van der Waals surface area contributed by atoms with Crippen LogP contribution >= 0.6 is 0 Å². The summed E-state index contributed by atoms with van der Waals surface area (Å²) in [4.78, 5) is 40.4. The highest BCUT2D eigenvalue weighted by atomic mass is 19.1. The van der Waals surface area contributed by atoms with Gasteiger partial charge in [0.1, 0.15) is 17.7 Å². The summed E-state index contributed by atoms with van der Waals surface area (Å²) in [6, 6.07) is 14.0. The first-order valence-electron chi connectivity index (χ1n) is 10.8. The number of nitrogen functional groups attached to an aromatic ring is 1. The minimum atomic E-state index is -1.12. The van der Waals surface area contributed by atoms with Crippen molar-refractivity contribution in [2.75, 3.05) is 10.6 Å². The standard InChI is InChI=1S/C26H23F2N3O3/c1-14-18-6-3-4-7-19(18)24-21(29)8-5-9-22(24)31(25(14)33)26(34)15(2)30-23(32)13-16-12-17(27)10-11-20(16)28/h3-12,14-15H,13,29H2,1-2H3,(H,30,32)/t14?,15-/m0/s1. The van der Waals surface area contributed by atoms with Crippen LogP contribution in [0.5, 0.6) is 0 Å². The van der Waals surface area contributed by atoms with Gasteiger partial charge in [-0.2, -0.15) is 0 Å². The first-order valence-corrected chi connectivity index (χ1v) is 10.8. The lowest BCUT2D eigenvalue weighted by Crippen LogP contribution is -2.50. The summed E-state index contributed by atoms with van der Waals surface area (Å²) < 4.78 is 27.3. The Kier molecular flexibility index (Phi) is 6.15. The molecule has 0 saturated heterocycles. The zero-order chi connectivity index (χ0) is 24.6. The third kappa shape index (κ3) is 4.14. The van der Waals surface area contributed by atoms with E-state index in [-0.39, 0.29) is 5.56 Å². The molecule has 1 unspecified atom stereocenters. The van der Waals surface area contributed by atoms with E-state index in [1.54, 1.807) is 25.1 Å². The second-order valence-electron chi connectivity index (χ2n) is 8.26. The third-order valence-corrected chi connectivity index (χ3v) is 5.93. The van der Waals surface area contributed by atoms with Gasteiger partial charge in [-0.05, 0) is 55.3 Å². The van der Waals surface area contributed by atoms with E-state index in [0.717, 1.165) is 34.2 Å². The topological polar surface area (TPSA) is 92.5 Å². The fourth-order valence-corrected chi connectivity index (χ4v) is 4.21. The maximum absolute atomic E-state index is 13.9. The number of halogens is 2. The van der Waals surface area contributed by atoms with E-state index in [1.165, 1.54) is 6.92 Å². The fraction of sp³-hybridized carbons (Fsp3) is 0.192. The number of nitrogens with zero attached hydrogens (tertiary/aromatic N) is 1. The van der Waals surface area contributed by atoms with Gasteiger partial charge in [-0.15, -0.1) is 0 Å². The second-order valence-corrected chi connectivity index (χ2v) is 8.26. The number of hydrogen-bond acceptors (Lipinski definition) is 4. The molecule has 1 aliphatic rings. The smallest absolute Gasteiger partial charge is 0.256 e. The zero-order valence-electron chi connectivity index (χ0n) is 18.6. The number of carbonyl (C=O) groups is 3. The van der Waals surface area contributed by atoms with Crippen LogP contribution in [0.15, 0.2) is 60.7 Å². The van der Waals surface area contributed by atoms with E-state index in [2.05, 4.69) is 5.32 Å². The van der Waals surface area contributed by atoms with Crippen LogP contribution in [0.3, 0.4) is 0 Å². The summed E-state index contributed by atoms with van der Waals surface area (Å²) in [7, 11) is 0. The number of benzene rings is 3. The van der Waals surface area contributed by atoms with E-state index in [9.17, 15) is 23.2 Å². The molecule has 0 bridgehead atoms. The molecule has 0 radical (unpaired) electrons. The Morgan fingerprint density at radius 3 is 2.59 bits per heavy atom. The lowest BCUT2D eigenvalue weighted by Gasteiger charge is -2.26. The van der Waals surface area contributed by atoms with Crippen molar-refractivity contribution in [2.24, 2.45) is 0 Å². The van der Waals surface area contributed by atoms with Crippen molar-refractivity contribution in [3.8, 4) is 11.1 Å². The highest BCUT2D eigenvalue weighted by Gasteiger charge is 2.37. The van der Waals surface area contributed by atoms with E-state index in [0.29, 0.717) is 16.9 Å². The van der Waals surface area contributed by atoms with Gasteiger partial charge in [0.05, 0.1) is 18.0 Å². The molecule has 3 amide bonds. The molecule has 0 aromatic heterocycles. The van der Waals surface area contributed by atoms with E-state index < -0.39 is 47.7 Å². The molecule has 0 spiro atoms. The number of nitrogens with one attached hydrogen (secondary N) is 1. The maximum atomic E-state index is 13.9. The maximum Gasteiger partial charge on any atom is 0.256 e. The number of carbonyl (C=O) groups excluding carboxylic acids is 3. The van der Waals surface area contributed by atoms with Crippen LogP contribution in [0, 0.1) is 11.6 Å². The number of imide groups is 1. The molecule has 0 saturated carbocycles. The van der Waals surface area contributed by atoms with Crippen molar-refractivity contribution >= 4 is 29.1 Å². The number of amides is 3. The molecular weight excluding hydrogens is 440 g/mol. The minimum Gasteiger partial charge on any atom is -0.398 e. The van der Waals surface area contributed by atoms with Crippen molar-refractivity contribution < 1.29 is 23.2 Å². The molecule has 3 aromatic rings. The lowest BCUT2D eigenvalue weighted by atomic mass is 9.92. The minimum absolute atomic E-state index is 0.134. The van der Waals surface area contributed by atoms with Crippen LogP contribution in [0.4, 0.5) is 20.2 Å². The molecule has 2 atom stereocenters. The quantitative estimate of drug-likeness (QED) is 0.574. The summed E-state index contributed by atoms with van der Waals surface area (Å²) in [6.07, 6.45) is -0.458. The van der Waals surface area contributed by atoms with Gasteiger partial charge in [0, 0.05) is 16.8 Å². The average molecular weight is 463 g/mol. The molecule has 1 heterocycles. The van der Waals surface area contributed by atoms with Gasteiger partial charge in [0.15, 0.2) is 0 Å². The number of fused-ring (bicyclic) bond motifs is 3. The van der Waals surface area contributed by atoms with Crippen molar-refractivity contribution in [3.05, 3.63) is 83.4 Å². The van der Waals surface area contributed by atoms with Gasteiger partial charge >= 0.3 is 0 Å². The predicted molar refractivity (Wildman–Crippen MR) is 125 cm³/mol. The summed E-state index contributed by atoms with van der Waals surface area (Å²) in [6.45, 7) is 3.14. The van der Waals surface area contributed by atoms with Crippen LogP contribution in [-0.4, -0.2) is 23.8 Å². The Morgan fingerprint density at radius 2 is 1.82 bits per heavy atom. The Balaban J connectivity index is 1.65. The van der Waals surface area contributed by atoms with Gasteiger partial charge in [0.25, 0.3) is 5.91 Å². The van der Waals surface area contributed by atoms with Crippen LogP contribution in [0.1, 0.15) is 30.9 Å². The molecule has 6 nitrogen and oxygen atoms in total. The second kappa shape index (κ2) is 9.05. The summed E-state index contributed by atoms with van der Waals surface area (Å²) in [5, 5.41) is 2.49. The van der Waals surface area contributed by atoms with Crippen LogP contribution in [0.25, 0.3) is 11.1 Å². The van der Waals surface area contributed by atoms with Gasteiger partial charge in [-0.1, -0.05) is 30.3 Å². The highest BCUT2D eigenvalue weighted by molar-refractivity contribution is 6.22. The SMILES string of the molecule is CC1C(=O)N(C(=O)[C@H](C)NC(=O)Cc2cc(F)ccc2F)c2cccc(N)c2-c2ccccc21. The Hall–Kier alpha value is -4.07. The predicted octanol–water partition coefficient (Wildman–Crippen LogP) is 3.94. The van der Waals surface area contributed by atoms with Crippen LogP contribution in [-0.2, 0) is 20.8 Å². The zero-order valence-corrected chi connectivity index (χ0v) is 18.6. The van der Waals surface area contributed by atoms with E-state index in [1.807, 2.05) is 24.3 Å². The molecule has 0 fully saturated rings. The normalized spacial score (nSPS) is 15.7. The molecule has 1 aliphatic heterocycles. The molecule has 8 heteroatoms. The molecule has 174 valence electrons. The molecule has 0 aliphatic carbocycles. The first kappa shape index (κ1) is 23.1. The van der Waals surface area contributed by atoms with Gasteiger partial charge in [0.2, 0.25) is 11.8 Å². The number of anilines is 2. The number of hydrogen-bond donors (Lipinski definition) is 2. The lowest BCUT2D eigenvalue weighted by molar-refractivity contribution is -0.131. The molecule has 3 N–H and O–H groups in total. The summed E-state index contributed by atoms with van der Waals surface area (Å²) in [5.74, 6) is -3.85. The van der Waals surface area contributed by atoms with E-state index >= 15 is 0 Å². The summed E-state index contributed by atoms with van der Waals surface area (Å²) >= 11 is 0. The average Bonchev–Trinajstić information content (AvgIpc) is 2.89. The van der Waals surface area contributed by atoms with E-state index in [4.69, 9.17) is 5.73 Å². The van der Waals surface area contributed by atoms with Gasteiger partial charge < -0.3 is 11.1 Å². The molecule has 34 heavy (non-hydrogen) atoms. The molecule has 3 aromatic carbocycles. The van der Waals surface area contributed by atoms with Crippen molar-refractivity contribution in [2.45, 2.75) is 32.2 Å². The van der Waals surface area contributed by atoms with Crippen LogP contribution < -0.4 is 16.0 Å².